The van der Waals surface area contributed by atoms with Gasteiger partial charge in [-0.15, -0.1) is 0 Å². The number of hydrogen-bond acceptors (Lipinski definition) is 6. The second kappa shape index (κ2) is 25.8. The minimum Gasteiger partial charge on any atom is -0.423 e. The number of ether oxygens (including phenoxy) is 2. The quantitative estimate of drug-likeness (QED) is 0.0388. The number of hydrogen-bond donors (Lipinski definition) is 3. The van der Waals surface area contributed by atoms with Crippen LogP contribution in [0.25, 0.3) is 0 Å². The van der Waals surface area contributed by atoms with Crippen molar-refractivity contribution in [3.8, 4) is 11.8 Å². The summed E-state index contributed by atoms with van der Waals surface area (Å²) >= 11 is 0. The number of carbonyl (C=O) groups excluding carboxylic acids is 1. The lowest BCUT2D eigenvalue weighted by atomic mass is 9.57. The Morgan fingerprint density at radius 1 is 0.803 bits per heavy atom. The largest absolute Gasteiger partial charge is 0.423 e. The van der Waals surface area contributed by atoms with E-state index in [4.69, 9.17) is 9.47 Å². The van der Waals surface area contributed by atoms with Gasteiger partial charge < -0.3 is 24.8 Å². The Morgan fingerprint density at radius 3 is 1.92 bits per heavy atom. The molecule has 0 aromatic carbocycles. The smallest absolute Gasteiger partial charge is 0.343 e. The molecule has 2 aliphatic carbocycles. The first-order chi connectivity index (χ1) is 28.9. The van der Waals surface area contributed by atoms with Crippen molar-refractivity contribution in [2.45, 2.75) is 214 Å². The fourth-order valence-electron chi connectivity index (χ4n) is 9.44. The van der Waals surface area contributed by atoms with Gasteiger partial charge in [-0.25, -0.2) is 4.79 Å². The van der Waals surface area contributed by atoms with Crippen LogP contribution in [-0.2, 0) is 14.3 Å². The monoisotopic (exact) mass is 841 g/mol. The van der Waals surface area contributed by atoms with Crippen LogP contribution >= 0.6 is 0 Å². The van der Waals surface area contributed by atoms with Crippen LogP contribution in [-0.4, -0.2) is 51.3 Å². The van der Waals surface area contributed by atoms with E-state index < -0.39 is 28.7 Å². The SMILES string of the molecule is CCCCCCCCCCCCCCCCCCOC1CC(C)=C(C#CC(C)=CC=CC=CC=C(C)C=C2C=C(C=CC3(O)C(C)(C)CC(O)CC3(C)O)C(=O)O2)C(C)(C)C1. The zero-order valence-electron chi connectivity index (χ0n) is 39.8. The average Bonchev–Trinajstić information content (AvgIpc) is 3.52. The molecule has 0 aromatic rings. The Balaban J connectivity index is 1.37. The zero-order chi connectivity index (χ0) is 44.9. The summed E-state index contributed by atoms with van der Waals surface area (Å²) in [6.45, 7) is 19.0. The standard InChI is InChI=1S/C55H84O6/c1-10-11-12-13-14-15-16-17-18-19-20-21-22-23-26-29-36-60-49-38-45(4)50(52(5,6)42-49)33-32-43(2)30-27-24-25-28-31-44(3)37-48-39-46(51(57)61-48)34-35-55(59)53(7,8)40-47(56)41-54(55,9)58/h24-25,27-28,30-31,34-35,37,39,47,49,56,58-59H,10-23,26,29,36,38,40-42H2,1-9H3. The third kappa shape index (κ3) is 17.5. The summed E-state index contributed by atoms with van der Waals surface area (Å²) in [5, 5.41) is 32.8. The predicted molar refractivity (Wildman–Crippen MR) is 255 cm³/mol. The molecule has 0 aromatic heterocycles. The van der Waals surface area contributed by atoms with E-state index in [1.165, 1.54) is 127 Å². The molecule has 6 nitrogen and oxygen atoms in total. The number of allylic oxidation sites excluding steroid dienone is 11. The van der Waals surface area contributed by atoms with Crippen molar-refractivity contribution in [3.63, 3.8) is 0 Å². The normalized spacial score (nSPS) is 26.5. The van der Waals surface area contributed by atoms with E-state index in [0.717, 1.165) is 37.0 Å². The van der Waals surface area contributed by atoms with Crippen molar-refractivity contribution in [3.05, 3.63) is 94.4 Å². The van der Waals surface area contributed by atoms with E-state index in [-0.39, 0.29) is 23.5 Å². The van der Waals surface area contributed by atoms with Crippen molar-refractivity contribution < 1.29 is 29.6 Å². The van der Waals surface area contributed by atoms with E-state index in [1.54, 1.807) is 26.0 Å². The minimum atomic E-state index is -1.64. The molecule has 0 saturated heterocycles. The summed E-state index contributed by atoms with van der Waals surface area (Å²) in [5.41, 5.74) is 0.714. The molecule has 340 valence electrons. The Hall–Kier alpha value is -3.21. The van der Waals surface area contributed by atoms with Crippen LogP contribution in [0, 0.1) is 22.7 Å². The highest BCUT2D eigenvalue weighted by Crippen LogP contribution is 2.50. The fraction of sp³-hybridized carbons (Fsp3) is 0.655. The van der Waals surface area contributed by atoms with Crippen LogP contribution in [0.15, 0.2) is 94.4 Å². The van der Waals surface area contributed by atoms with Gasteiger partial charge in [0, 0.05) is 29.4 Å². The molecule has 61 heavy (non-hydrogen) atoms. The molecule has 3 rings (SSSR count). The average molecular weight is 841 g/mol. The van der Waals surface area contributed by atoms with Crippen molar-refractivity contribution >= 4 is 5.97 Å². The van der Waals surface area contributed by atoms with Crippen molar-refractivity contribution in [1.82, 2.24) is 0 Å². The summed E-state index contributed by atoms with van der Waals surface area (Å²) < 4.78 is 11.8. The van der Waals surface area contributed by atoms with Gasteiger partial charge in [0.1, 0.15) is 11.4 Å². The van der Waals surface area contributed by atoms with Crippen molar-refractivity contribution in [2.24, 2.45) is 10.8 Å². The molecule has 1 fully saturated rings. The Labute approximate surface area is 372 Å². The van der Waals surface area contributed by atoms with Gasteiger partial charge in [-0.1, -0.05) is 185 Å². The molecule has 0 amide bonds. The molecule has 3 aliphatic rings. The molecule has 6 heteroatoms. The summed E-state index contributed by atoms with van der Waals surface area (Å²) in [6, 6.07) is 0. The Morgan fingerprint density at radius 2 is 1.36 bits per heavy atom. The van der Waals surface area contributed by atoms with Gasteiger partial charge >= 0.3 is 5.97 Å². The van der Waals surface area contributed by atoms with Crippen LogP contribution in [0.4, 0.5) is 0 Å². The number of cyclic esters (lactones) is 1. The summed E-state index contributed by atoms with van der Waals surface area (Å²) in [6.07, 6.45) is 42.1. The van der Waals surface area contributed by atoms with Gasteiger partial charge in [-0.05, 0) is 88.8 Å². The van der Waals surface area contributed by atoms with Crippen LogP contribution in [0.3, 0.4) is 0 Å². The summed E-state index contributed by atoms with van der Waals surface area (Å²) in [7, 11) is 0. The summed E-state index contributed by atoms with van der Waals surface area (Å²) in [5.74, 6) is 6.77. The zero-order valence-corrected chi connectivity index (χ0v) is 39.8. The lowest BCUT2D eigenvalue weighted by Crippen LogP contribution is -2.65. The van der Waals surface area contributed by atoms with E-state index in [0.29, 0.717) is 12.2 Å². The maximum atomic E-state index is 12.6. The molecule has 0 bridgehead atoms. The van der Waals surface area contributed by atoms with Crippen molar-refractivity contribution in [1.29, 1.82) is 0 Å². The lowest BCUT2D eigenvalue weighted by Gasteiger charge is -2.54. The van der Waals surface area contributed by atoms with Gasteiger partial charge in [0.25, 0.3) is 0 Å². The van der Waals surface area contributed by atoms with E-state index >= 15 is 0 Å². The van der Waals surface area contributed by atoms with Gasteiger partial charge in [0.05, 0.1) is 23.4 Å². The van der Waals surface area contributed by atoms with E-state index in [1.807, 2.05) is 50.3 Å². The molecule has 1 aliphatic heterocycles. The molecule has 4 unspecified atom stereocenters. The number of carbonyl (C=O) groups is 1. The van der Waals surface area contributed by atoms with E-state index in [2.05, 4.69) is 39.5 Å². The Bertz CT molecular complexity index is 1690. The maximum Gasteiger partial charge on any atom is 0.343 e. The number of unbranched alkanes of at least 4 members (excludes halogenated alkanes) is 15. The molecule has 4 atom stereocenters. The van der Waals surface area contributed by atoms with Crippen LogP contribution in [0.5, 0.6) is 0 Å². The number of aliphatic hydroxyl groups is 3. The highest BCUT2D eigenvalue weighted by atomic mass is 16.5. The van der Waals surface area contributed by atoms with Crippen LogP contribution in [0.1, 0.15) is 191 Å². The first kappa shape index (κ1) is 52.1. The van der Waals surface area contributed by atoms with Crippen LogP contribution in [0.2, 0.25) is 0 Å². The van der Waals surface area contributed by atoms with Gasteiger partial charge in [-0.3, -0.25) is 0 Å². The highest BCUT2D eigenvalue weighted by Gasteiger charge is 2.58. The molecular weight excluding hydrogens is 757 g/mol. The highest BCUT2D eigenvalue weighted by molar-refractivity contribution is 5.95. The fourth-order valence-corrected chi connectivity index (χ4v) is 9.44. The molecule has 0 spiro atoms. The molecule has 3 N–H and O–H groups in total. The first-order valence-corrected chi connectivity index (χ1v) is 23.9. The molecule has 1 saturated carbocycles. The van der Waals surface area contributed by atoms with Gasteiger partial charge in [-0.2, -0.15) is 0 Å². The minimum absolute atomic E-state index is 0.0143. The first-order valence-electron chi connectivity index (χ1n) is 23.9. The molecule has 0 radical (unpaired) electrons. The Kier molecular flexibility index (Phi) is 22.0. The van der Waals surface area contributed by atoms with E-state index in [9.17, 15) is 20.1 Å². The number of esters is 1. The van der Waals surface area contributed by atoms with Gasteiger partial charge in [0.15, 0.2) is 0 Å². The predicted octanol–water partition coefficient (Wildman–Crippen LogP) is 13.4. The lowest BCUT2D eigenvalue weighted by molar-refractivity contribution is -0.216. The van der Waals surface area contributed by atoms with Gasteiger partial charge in [0.2, 0.25) is 0 Å². The third-order valence-corrected chi connectivity index (χ3v) is 13.0. The molecule has 1 heterocycles. The topological polar surface area (TPSA) is 96.2 Å². The number of rotatable bonds is 24. The number of aliphatic hydroxyl groups excluding tert-OH is 1. The summed E-state index contributed by atoms with van der Waals surface area (Å²) in [4.78, 5) is 12.6. The maximum absolute atomic E-state index is 12.6. The van der Waals surface area contributed by atoms with Crippen LogP contribution < -0.4 is 0 Å². The van der Waals surface area contributed by atoms with Crippen molar-refractivity contribution in [2.75, 3.05) is 6.61 Å². The second-order valence-electron chi connectivity index (χ2n) is 19.9. The second-order valence-corrected chi connectivity index (χ2v) is 19.9. The third-order valence-electron chi connectivity index (χ3n) is 13.0. The molecular formula is C55H84O6.